The number of thiophene rings is 2. The Morgan fingerprint density at radius 1 is 0.304 bits per heavy atom. The van der Waals surface area contributed by atoms with Gasteiger partial charge < -0.3 is 0 Å². The van der Waals surface area contributed by atoms with Gasteiger partial charge in [0.2, 0.25) is 0 Å². The zero-order valence-electron chi connectivity index (χ0n) is 29.8. The number of aromatic nitrogens is 5. The van der Waals surface area contributed by atoms with Gasteiger partial charge in [0.1, 0.15) is 0 Å². The van der Waals surface area contributed by atoms with Crippen molar-refractivity contribution in [2.45, 2.75) is 0 Å². The smallest absolute Gasteiger partial charge is 0.164 e. The largest absolute Gasteiger partial charge is 0.226 e. The second-order valence-corrected chi connectivity index (χ2v) is 15.8. The molecule has 0 bridgehead atoms. The second kappa shape index (κ2) is 13.4. The molecule has 4 heterocycles. The molecule has 0 aliphatic rings. The van der Waals surface area contributed by atoms with Crippen LogP contribution in [0.2, 0.25) is 0 Å². The predicted octanol–water partition coefficient (Wildman–Crippen LogP) is 13.4. The van der Waals surface area contributed by atoms with Gasteiger partial charge in [-0.1, -0.05) is 158 Å². The van der Waals surface area contributed by atoms with Gasteiger partial charge in [0.15, 0.2) is 23.3 Å². The molecule has 0 atom stereocenters. The van der Waals surface area contributed by atoms with Crippen molar-refractivity contribution in [2.24, 2.45) is 0 Å². The van der Waals surface area contributed by atoms with Crippen LogP contribution >= 0.6 is 22.7 Å². The summed E-state index contributed by atoms with van der Waals surface area (Å²) in [6.45, 7) is 0. The van der Waals surface area contributed by atoms with E-state index in [2.05, 4.69) is 109 Å². The van der Waals surface area contributed by atoms with Gasteiger partial charge in [-0.05, 0) is 29.3 Å². The molecule has 0 saturated carbocycles. The second-order valence-electron chi connectivity index (χ2n) is 13.7. The van der Waals surface area contributed by atoms with Gasteiger partial charge in [-0.3, -0.25) is 0 Å². The lowest BCUT2D eigenvalue weighted by Gasteiger charge is -2.09. The maximum Gasteiger partial charge on any atom is 0.164 e. The van der Waals surface area contributed by atoms with Crippen molar-refractivity contribution in [3.05, 3.63) is 176 Å². The number of rotatable bonds is 6. The van der Waals surface area contributed by atoms with Gasteiger partial charge in [-0.25, -0.2) is 24.9 Å². The highest BCUT2D eigenvalue weighted by atomic mass is 32.1. The van der Waals surface area contributed by atoms with E-state index in [0.29, 0.717) is 17.5 Å². The number of fused-ring (bicyclic) bond motifs is 6. The predicted molar refractivity (Wildman–Crippen MR) is 234 cm³/mol. The van der Waals surface area contributed by atoms with Crippen LogP contribution in [0.25, 0.3) is 108 Å². The first-order chi connectivity index (χ1) is 27.7. The fourth-order valence-corrected chi connectivity index (χ4v) is 9.87. The average molecular weight is 752 g/mol. The zero-order chi connectivity index (χ0) is 37.0. The lowest BCUT2D eigenvalue weighted by Crippen LogP contribution is -1.99. The maximum atomic E-state index is 5.24. The molecule has 0 aliphatic heterocycles. The van der Waals surface area contributed by atoms with Crippen LogP contribution in [0.4, 0.5) is 0 Å². The maximum absolute atomic E-state index is 5.24. The summed E-state index contributed by atoms with van der Waals surface area (Å²) in [4.78, 5) is 25.3. The third kappa shape index (κ3) is 5.64. The first-order valence-corrected chi connectivity index (χ1v) is 20.0. The molecule has 0 spiro atoms. The minimum absolute atomic E-state index is 0.648. The Morgan fingerprint density at radius 3 is 1.57 bits per heavy atom. The summed E-state index contributed by atoms with van der Waals surface area (Å²) in [6, 6.07) is 60.9. The fourth-order valence-electron chi connectivity index (χ4n) is 7.44. The molecule has 7 heteroatoms. The van der Waals surface area contributed by atoms with Gasteiger partial charge in [-0.2, -0.15) is 0 Å². The first kappa shape index (κ1) is 32.5. The number of hydrogen-bond acceptors (Lipinski definition) is 7. The van der Waals surface area contributed by atoms with Crippen LogP contribution in [0.1, 0.15) is 0 Å². The van der Waals surface area contributed by atoms with Crippen LogP contribution in [0.5, 0.6) is 0 Å². The number of nitrogens with zero attached hydrogens (tertiary/aromatic N) is 5. The average Bonchev–Trinajstić information content (AvgIpc) is 3.85. The van der Waals surface area contributed by atoms with E-state index in [1.54, 1.807) is 22.7 Å². The van der Waals surface area contributed by atoms with Gasteiger partial charge in [-0.15, -0.1) is 22.7 Å². The molecule has 5 nitrogen and oxygen atoms in total. The summed E-state index contributed by atoms with van der Waals surface area (Å²) in [5.74, 6) is 2.67. The van der Waals surface area contributed by atoms with Crippen LogP contribution in [0.3, 0.4) is 0 Å². The topological polar surface area (TPSA) is 64.5 Å². The molecule has 56 heavy (non-hydrogen) atoms. The van der Waals surface area contributed by atoms with E-state index in [0.717, 1.165) is 60.5 Å². The lowest BCUT2D eigenvalue weighted by atomic mass is 10.00. The molecule has 0 radical (unpaired) electrons. The summed E-state index contributed by atoms with van der Waals surface area (Å²) in [6.07, 6.45) is 0. The van der Waals surface area contributed by atoms with Crippen LogP contribution in [0, 0.1) is 0 Å². The van der Waals surface area contributed by atoms with Crippen LogP contribution in [0.15, 0.2) is 176 Å². The molecular formula is C49H29N5S2. The Hall–Kier alpha value is -6.93. The normalized spacial score (nSPS) is 11.6. The number of benzene rings is 7. The van der Waals surface area contributed by atoms with Crippen molar-refractivity contribution in [3.63, 3.8) is 0 Å². The molecule has 0 N–H and O–H groups in total. The van der Waals surface area contributed by atoms with Crippen LogP contribution in [-0.4, -0.2) is 24.9 Å². The lowest BCUT2D eigenvalue weighted by molar-refractivity contribution is 1.07. The molecule has 0 fully saturated rings. The van der Waals surface area contributed by atoms with Gasteiger partial charge in [0.25, 0.3) is 0 Å². The molecule has 0 amide bonds. The molecule has 0 saturated heterocycles. The van der Waals surface area contributed by atoms with E-state index in [1.165, 1.54) is 30.4 Å². The first-order valence-electron chi connectivity index (χ1n) is 18.4. The molecule has 11 aromatic rings. The SMILES string of the molecule is c1ccc(-c2nc(-c3ccccc3)nc(-c3ccc4c(c3)sc3c(-c5cccc(-c6nc(-c7ccccc7)c7sc8ccccc8c7n6)c5)cccc34)n2)cc1. The minimum atomic E-state index is 0.648. The molecule has 0 unspecified atom stereocenters. The highest BCUT2D eigenvalue weighted by Gasteiger charge is 2.19. The van der Waals surface area contributed by atoms with Gasteiger partial charge >= 0.3 is 0 Å². The molecular weight excluding hydrogens is 723 g/mol. The van der Waals surface area contributed by atoms with E-state index < -0.39 is 0 Å². The third-order valence-electron chi connectivity index (χ3n) is 10.2. The van der Waals surface area contributed by atoms with Gasteiger partial charge in [0, 0.05) is 58.1 Å². The summed E-state index contributed by atoms with van der Waals surface area (Å²) < 4.78 is 4.72. The van der Waals surface area contributed by atoms with E-state index in [9.17, 15) is 0 Å². The molecule has 7 aromatic carbocycles. The van der Waals surface area contributed by atoms with E-state index in [-0.39, 0.29) is 0 Å². The molecule has 4 aromatic heterocycles. The van der Waals surface area contributed by atoms with Crippen molar-refractivity contribution in [1.82, 2.24) is 24.9 Å². The van der Waals surface area contributed by atoms with Crippen LogP contribution < -0.4 is 0 Å². The van der Waals surface area contributed by atoms with Crippen molar-refractivity contribution in [3.8, 4) is 67.9 Å². The quantitative estimate of drug-likeness (QED) is 0.169. The fraction of sp³-hybridized carbons (Fsp3) is 0. The Morgan fingerprint density at radius 2 is 0.839 bits per heavy atom. The third-order valence-corrected chi connectivity index (χ3v) is 12.5. The Kier molecular flexibility index (Phi) is 7.79. The monoisotopic (exact) mass is 751 g/mol. The molecule has 262 valence electrons. The highest BCUT2D eigenvalue weighted by Crippen LogP contribution is 2.43. The summed E-state index contributed by atoms with van der Waals surface area (Å²) in [5, 5.41) is 3.58. The summed E-state index contributed by atoms with van der Waals surface area (Å²) in [7, 11) is 0. The summed E-state index contributed by atoms with van der Waals surface area (Å²) in [5.41, 5.74) is 9.18. The molecule has 0 aliphatic carbocycles. The van der Waals surface area contributed by atoms with Crippen molar-refractivity contribution >= 4 is 63.1 Å². The van der Waals surface area contributed by atoms with Crippen molar-refractivity contribution < 1.29 is 0 Å². The standard InChI is InChI=1S/C49H29N5S2/c1-4-14-30(15-5-1)42-45-43(39-22-10-11-25-40(39)55-45)51-48(50-42)34-21-12-20-33(28-34)36-23-13-24-38-37-27-26-35(29-41(37)56-44(36)38)49-53-46(31-16-6-2-7-17-31)52-47(54-49)32-18-8-3-9-19-32/h1-29H. The van der Waals surface area contributed by atoms with E-state index in [1.807, 2.05) is 66.7 Å². The van der Waals surface area contributed by atoms with E-state index >= 15 is 0 Å². The van der Waals surface area contributed by atoms with Crippen molar-refractivity contribution in [2.75, 3.05) is 0 Å². The van der Waals surface area contributed by atoms with Crippen molar-refractivity contribution in [1.29, 1.82) is 0 Å². The van der Waals surface area contributed by atoms with Crippen LogP contribution in [-0.2, 0) is 0 Å². The number of hydrogen-bond donors (Lipinski definition) is 0. The Labute approximate surface area is 330 Å². The van der Waals surface area contributed by atoms with E-state index in [4.69, 9.17) is 24.9 Å². The van der Waals surface area contributed by atoms with Gasteiger partial charge in [0.05, 0.1) is 15.9 Å². The summed E-state index contributed by atoms with van der Waals surface area (Å²) >= 11 is 3.55. The Bertz CT molecular complexity index is 3190. The zero-order valence-corrected chi connectivity index (χ0v) is 31.4. The highest BCUT2D eigenvalue weighted by molar-refractivity contribution is 7.26. The Balaban J connectivity index is 1.03. The molecule has 11 rings (SSSR count). The minimum Gasteiger partial charge on any atom is -0.226 e.